The first-order valence-electron chi connectivity index (χ1n) is 5.95. The summed E-state index contributed by atoms with van der Waals surface area (Å²) in [5.41, 5.74) is 1.54. The summed E-state index contributed by atoms with van der Waals surface area (Å²) in [5, 5.41) is 7.40. The van der Waals surface area contributed by atoms with Gasteiger partial charge in [-0.2, -0.15) is 0 Å². The van der Waals surface area contributed by atoms with Crippen molar-refractivity contribution in [3.8, 4) is 0 Å². The Morgan fingerprint density at radius 3 is 2.40 bits per heavy atom. The number of rotatable bonds is 5. The van der Waals surface area contributed by atoms with Gasteiger partial charge in [0.1, 0.15) is 5.82 Å². The lowest BCUT2D eigenvalue weighted by atomic mass is 10.3. The van der Waals surface area contributed by atoms with Crippen LogP contribution in [-0.2, 0) is 0 Å². The highest BCUT2D eigenvalue weighted by molar-refractivity contribution is 6.43. The number of hydrogen-bond donors (Lipinski definition) is 2. The first-order valence-corrected chi connectivity index (χ1v) is 7.08. The zero-order chi connectivity index (χ0) is 14.5. The molecule has 0 amide bonds. The fourth-order valence-electron chi connectivity index (χ4n) is 1.65. The maximum atomic E-state index is 13.0. The van der Waals surface area contributed by atoms with Crippen LogP contribution in [-0.4, -0.2) is 13.1 Å². The maximum absolute atomic E-state index is 13.0. The van der Waals surface area contributed by atoms with E-state index in [-0.39, 0.29) is 5.02 Å². The van der Waals surface area contributed by atoms with Gasteiger partial charge in [0.2, 0.25) is 0 Å². The minimum absolute atomic E-state index is 0.0980. The molecule has 20 heavy (non-hydrogen) atoms. The van der Waals surface area contributed by atoms with Gasteiger partial charge in [0.25, 0.3) is 0 Å². The summed E-state index contributed by atoms with van der Waals surface area (Å²) in [6.45, 7) is 1.26. The lowest BCUT2D eigenvalue weighted by Gasteiger charge is -2.11. The van der Waals surface area contributed by atoms with Gasteiger partial charge in [-0.15, -0.1) is 0 Å². The standard InChI is InChI=1S/C14H12Cl3FN2/c15-10-2-1-3-13(14(10)17)20-7-6-19-9-4-5-12(18)11(16)8-9/h1-5,8,19-20H,6-7H2. The van der Waals surface area contributed by atoms with Crippen LogP contribution in [0.25, 0.3) is 0 Å². The fraction of sp³-hybridized carbons (Fsp3) is 0.143. The molecule has 0 saturated heterocycles. The molecule has 0 heterocycles. The molecule has 0 aliphatic rings. The number of halogens is 4. The highest BCUT2D eigenvalue weighted by Crippen LogP contribution is 2.29. The minimum Gasteiger partial charge on any atom is -0.383 e. The highest BCUT2D eigenvalue weighted by atomic mass is 35.5. The fourth-order valence-corrected chi connectivity index (χ4v) is 2.20. The van der Waals surface area contributed by atoms with Crippen LogP contribution < -0.4 is 10.6 Å². The average Bonchev–Trinajstić information content (AvgIpc) is 2.43. The Bertz CT molecular complexity index is 605. The zero-order valence-corrected chi connectivity index (χ0v) is 12.7. The van der Waals surface area contributed by atoms with E-state index in [1.807, 2.05) is 12.1 Å². The summed E-state index contributed by atoms with van der Waals surface area (Å²) in [7, 11) is 0. The van der Waals surface area contributed by atoms with Gasteiger partial charge in [-0.1, -0.05) is 40.9 Å². The zero-order valence-electron chi connectivity index (χ0n) is 10.4. The molecular weight excluding hydrogens is 322 g/mol. The van der Waals surface area contributed by atoms with E-state index in [0.717, 1.165) is 11.4 Å². The molecule has 0 unspecified atom stereocenters. The third-order valence-corrected chi connectivity index (χ3v) is 3.75. The van der Waals surface area contributed by atoms with Gasteiger partial charge >= 0.3 is 0 Å². The van der Waals surface area contributed by atoms with E-state index in [2.05, 4.69) is 10.6 Å². The van der Waals surface area contributed by atoms with Crippen molar-refractivity contribution in [2.45, 2.75) is 0 Å². The predicted molar refractivity (Wildman–Crippen MR) is 84.9 cm³/mol. The van der Waals surface area contributed by atoms with E-state index in [9.17, 15) is 4.39 Å². The van der Waals surface area contributed by atoms with Crippen molar-refractivity contribution in [2.75, 3.05) is 23.7 Å². The van der Waals surface area contributed by atoms with Crippen LogP contribution >= 0.6 is 34.8 Å². The lowest BCUT2D eigenvalue weighted by molar-refractivity contribution is 0.628. The predicted octanol–water partition coefficient (Wildman–Crippen LogP) is 5.31. The first-order chi connectivity index (χ1) is 9.58. The van der Waals surface area contributed by atoms with Crippen molar-refractivity contribution in [1.29, 1.82) is 0 Å². The third kappa shape index (κ3) is 3.92. The smallest absolute Gasteiger partial charge is 0.141 e. The largest absolute Gasteiger partial charge is 0.383 e. The molecule has 0 aliphatic carbocycles. The van der Waals surface area contributed by atoms with E-state index >= 15 is 0 Å². The number of hydrogen-bond acceptors (Lipinski definition) is 2. The summed E-state index contributed by atoms with van der Waals surface area (Å²) < 4.78 is 13.0. The first kappa shape index (κ1) is 15.2. The van der Waals surface area contributed by atoms with Crippen molar-refractivity contribution >= 4 is 46.2 Å². The van der Waals surface area contributed by atoms with Crippen LogP contribution in [0.3, 0.4) is 0 Å². The Balaban J connectivity index is 1.84. The van der Waals surface area contributed by atoms with Crippen LogP contribution in [0.5, 0.6) is 0 Å². The molecule has 2 nitrogen and oxygen atoms in total. The summed E-state index contributed by atoms with van der Waals surface area (Å²) in [6.07, 6.45) is 0. The van der Waals surface area contributed by atoms with Crippen molar-refractivity contribution in [3.05, 3.63) is 57.3 Å². The van der Waals surface area contributed by atoms with E-state index in [4.69, 9.17) is 34.8 Å². The minimum atomic E-state index is -0.430. The van der Waals surface area contributed by atoms with Gasteiger partial charge in [-0.05, 0) is 30.3 Å². The van der Waals surface area contributed by atoms with Crippen LogP contribution in [0.1, 0.15) is 0 Å². The van der Waals surface area contributed by atoms with Crippen LogP contribution in [0.2, 0.25) is 15.1 Å². The molecule has 0 aromatic heterocycles. The summed E-state index contributed by atoms with van der Waals surface area (Å²) in [5.74, 6) is -0.430. The molecule has 2 N–H and O–H groups in total. The van der Waals surface area contributed by atoms with Crippen LogP contribution in [0, 0.1) is 5.82 Å². The molecular formula is C14H12Cl3FN2. The van der Waals surface area contributed by atoms with E-state index in [1.54, 1.807) is 18.2 Å². The van der Waals surface area contributed by atoms with Crippen molar-refractivity contribution in [1.82, 2.24) is 0 Å². The molecule has 0 aliphatic heterocycles. The molecule has 0 saturated carbocycles. The normalized spacial score (nSPS) is 10.4. The Morgan fingerprint density at radius 2 is 1.65 bits per heavy atom. The van der Waals surface area contributed by atoms with E-state index in [1.165, 1.54) is 6.07 Å². The van der Waals surface area contributed by atoms with E-state index < -0.39 is 5.82 Å². The molecule has 0 atom stereocenters. The van der Waals surface area contributed by atoms with Gasteiger partial charge in [0, 0.05) is 18.8 Å². The molecule has 6 heteroatoms. The second kappa shape index (κ2) is 7.02. The topological polar surface area (TPSA) is 24.1 Å². The highest BCUT2D eigenvalue weighted by Gasteiger charge is 2.03. The second-order valence-corrected chi connectivity index (χ2v) is 5.28. The average molecular weight is 334 g/mol. The van der Waals surface area contributed by atoms with Gasteiger partial charge in [-0.25, -0.2) is 4.39 Å². The molecule has 0 fully saturated rings. The summed E-state index contributed by atoms with van der Waals surface area (Å²) in [4.78, 5) is 0. The monoisotopic (exact) mass is 332 g/mol. The SMILES string of the molecule is Fc1ccc(NCCNc2cccc(Cl)c2Cl)cc1Cl. The van der Waals surface area contributed by atoms with Crippen molar-refractivity contribution < 1.29 is 4.39 Å². The molecule has 2 aromatic carbocycles. The summed E-state index contributed by atoms with van der Waals surface area (Å²) in [6, 6.07) is 9.91. The quantitative estimate of drug-likeness (QED) is 0.725. The Morgan fingerprint density at radius 1 is 0.900 bits per heavy atom. The number of anilines is 2. The lowest BCUT2D eigenvalue weighted by Crippen LogP contribution is -2.13. The molecule has 106 valence electrons. The van der Waals surface area contributed by atoms with Crippen LogP contribution in [0.4, 0.5) is 15.8 Å². The van der Waals surface area contributed by atoms with Crippen LogP contribution in [0.15, 0.2) is 36.4 Å². The second-order valence-electron chi connectivity index (χ2n) is 4.08. The number of nitrogens with one attached hydrogen (secondary N) is 2. The van der Waals surface area contributed by atoms with Gasteiger partial charge in [0.15, 0.2) is 0 Å². The van der Waals surface area contributed by atoms with Gasteiger partial charge in [0.05, 0.1) is 20.8 Å². The molecule has 0 radical (unpaired) electrons. The number of benzene rings is 2. The molecule has 0 bridgehead atoms. The Labute approximate surface area is 131 Å². The van der Waals surface area contributed by atoms with Gasteiger partial charge in [-0.3, -0.25) is 0 Å². The molecule has 0 spiro atoms. The molecule has 2 aromatic rings. The Kier molecular flexibility index (Phi) is 5.35. The van der Waals surface area contributed by atoms with Gasteiger partial charge < -0.3 is 10.6 Å². The molecule has 2 rings (SSSR count). The third-order valence-electron chi connectivity index (χ3n) is 2.64. The van der Waals surface area contributed by atoms with Crippen molar-refractivity contribution in [2.24, 2.45) is 0 Å². The van der Waals surface area contributed by atoms with Crippen molar-refractivity contribution in [3.63, 3.8) is 0 Å². The van der Waals surface area contributed by atoms with E-state index in [0.29, 0.717) is 23.1 Å². The summed E-state index contributed by atoms with van der Waals surface area (Å²) >= 11 is 17.7. The maximum Gasteiger partial charge on any atom is 0.141 e. The Hall–Kier alpha value is -1.16.